The van der Waals surface area contributed by atoms with Gasteiger partial charge >= 0.3 is 0 Å². The topological polar surface area (TPSA) is 24.5 Å². The van der Waals surface area contributed by atoms with E-state index in [4.69, 9.17) is 16.3 Å². The van der Waals surface area contributed by atoms with Gasteiger partial charge in [-0.2, -0.15) is 0 Å². The molecular weight excluding hydrogens is 272 g/mol. The predicted octanol–water partition coefficient (Wildman–Crippen LogP) is 3.71. The van der Waals surface area contributed by atoms with Crippen LogP contribution in [0.25, 0.3) is 0 Å². The van der Waals surface area contributed by atoms with Crippen molar-refractivity contribution in [2.24, 2.45) is 0 Å². The highest BCUT2D eigenvalue weighted by Gasteiger charge is 2.25. The molecule has 20 heavy (non-hydrogen) atoms. The molecule has 0 aliphatic carbocycles. The van der Waals surface area contributed by atoms with Crippen molar-refractivity contribution in [1.29, 1.82) is 0 Å². The second-order valence-corrected chi connectivity index (χ2v) is 5.94. The third-order valence-corrected chi connectivity index (χ3v) is 4.32. The van der Waals surface area contributed by atoms with Gasteiger partial charge in [-0.3, -0.25) is 0 Å². The van der Waals surface area contributed by atoms with E-state index in [1.54, 1.807) is 7.11 Å². The Kier molecular flexibility index (Phi) is 5.55. The van der Waals surface area contributed by atoms with Crippen molar-refractivity contribution in [3.63, 3.8) is 0 Å². The highest BCUT2D eigenvalue weighted by Crippen LogP contribution is 2.32. The van der Waals surface area contributed by atoms with E-state index in [-0.39, 0.29) is 0 Å². The number of halogens is 1. The van der Waals surface area contributed by atoms with Crippen molar-refractivity contribution < 1.29 is 4.74 Å². The van der Waals surface area contributed by atoms with Crippen LogP contribution < -0.4 is 15.0 Å². The average molecular weight is 297 g/mol. The lowest BCUT2D eigenvalue weighted by Crippen LogP contribution is -2.47. The molecule has 2 rings (SSSR count). The summed E-state index contributed by atoms with van der Waals surface area (Å²) in [6.07, 6.45) is 3.57. The SMILES string of the molecule is CCCNC1CCN(c2ccc(OC)c(Cl)c2)C(C)C1. The summed E-state index contributed by atoms with van der Waals surface area (Å²) in [4.78, 5) is 2.44. The fourth-order valence-electron chi connectivity index (χ4n) is 2.92. The molecule has 1 heterocycles. The zero-order chi connectivity index (χ0) is 14.5. The van der Waals surface area contributed by atoms with Crippen molar-refractivity contribution in [1.82, 2.24) is 5.32 Å². The van der Waals surface area contributed by atoms with Gasteiger partial charge in [0.25, 0.3) is 0 Å². The molecule has 1 aliphatic rings. The summed E-state index contributed by atoms with van der Waals surface area (Å²) in [6.45, 7) is 6.69. The standard InChI is InChI=1S/C16H25ClN2O/c1-4-8-18-13-7-9-19(12(2)10-13)14-5-6-16(20-3)15(17)11-14/h5-6,11-13,18H,4,7-10H2,1-3H3. The van der Waals surface area contributed by atoms with Crippen LogP contribution in [0.2, 0.25) is 5.02 Å². The van der Waals surface area contributed by atoms with Crippen LogP contribution in [0, 0.1) is 0 Å². The first-order chi connectivity index (χ1) is 9.65. The van der Waals surface area contributed by atoms with E-state index >= 15 is 0 Å². The monoisotopic (exact) mass is 296 g/mol. The first-order valence-corrected chi connectivity index (χ1v) is 7.87. The lowest BCUT2D eigenvalue weighted by atomic mass is 9.97. The normalized spacial score (nSPS) is 22.9. The molecule has 0 amide bonds. The van der Waals surface area contributed by atoms with Crippen molar-refractivity contribution in [2.75, 3.05) is 25.1 Å². The average Bonchev–Trinajstić information content (AvgIpc) is 2.45. The molecule has 1 aromatic carbocycles. The van der Waals surface area contributed by atoms with Gasteiger partial charge in [0.2, 0.25) is 0 Å². The summed E-state index contributed by atoms with van der Waals surface area (Å²) in [7, 11) is 1.65. The number of nitrogens with zero attached hydrogens (tertiary/aromatic N) is 1. The van der Waals surface area contributed by atoms with Gasteiger partial charge in [0.05, 0.1) is 12.1 Å². The Balaban J connectivity index is 2.02. The molecule has 1 fully saturated rings. The maximum Gasteiger partial charge on any atom is 0.137 e. The molecule has 3 nitrogen and oxygen atoms in total. The Labute approximate surface area is 127 Å². The third-order valence-electron chi connectivity index (χ3n) is 4.03. The number of hydrogen-bond donors (Lipinski definition) is 1. The highest BCUT2D eigenvalue weighted by atomic mass is 35.5. The van der Waals surface area contributed by atoms with Gasteiger partial charge in [-0.05, 0) is 50.9 Å². The van der Waals surface area contributed by atoms with E-state index in [1.165, 1.54) is 24.9 Å². The van der Waals surface area contributed by atoms with Crippen LogP contribution >= 0.6 is 11.6 Å². The number of benzene rings is 1. The van der Waals surface area contributed by atoms with Crippen LogP contribution in [0.3, 0.4) is 0 Å². The Morgan fingerprint density at radius 1 is 1.45 bits per heavy atom. The molecular formula is C16H25ClN2O. The molecule has 1 saturated heterocycles. The fourth-order valence-corrected chi connectivity index (χ4v) is 3.18. The van der Waals surface area contributed by atoms with Crippen molar-refractivity contribution >= 4 is 17.3 Å². The molecule has 1 aromatic rings. The first-order valence-electron chi connectivity index (χ1n) is 7.49. The summed E-state index contributed by atoms with van der Waals surface area (Å²) >= 11 is 6.23. The maximum atomic E-state index is 6.23. The summed E-state index contributed by atoms with van der Waals surface area (Å²) in [5, 5.41) is 4.31. The van der Waals surface area contributed by atoms with Gasteiger partial charge < -0.3 is 15.0 Å². The zero-order valence-electron chi connectivity index (χ0n) is 12.7. The van der Waals surface area contributed by atoms with Crippen LogP contribution in [0.4, 0.5) is 5.69 Å². The number of hydrogen-bond acceptors (Lipinski definition) is 3. The third kappa shape index (κ3) is 3.58. The molecule has 0 spiro atoms. The predicted molar refractivity (Wildman–Crippen MR) is 86.1 cm³/mol. The number of rotatable bonds is 5. The van der Waals surface area contributed by atoms with Gasteiger partial charge in [-0.1, -0.05) is 18.5 Å². The van der Waals surface area contributed by atoms with Crippen molar-refractivity contribution in [3.05, 3.63) is 23.2 Å². The second kappa shape index (κ2) is 7.19. The molecule has 0 aromatic heterocycles. The van der Waals surface area contributed by atoms with E-state index in [9.17, 15) is 0 Å². The smallest absolute Gasteiger partial charge is 0.137 e. The van der Waals surface area contributed by atoms with Crippen LogP contribution in [0.5, 0.6) is 5.75 Å². The van der Waals surface area contributed by atoms with Gasteiger partial charge in [0.1, 0.15) is 5.75 Å². The molecule has 1 aliphatic heterocycles. The van der Waals surface area contributed by atoms with Gasteiger partial charge in [-0.15, -0.1) is 0 Å². The molecule has 0 saturated carbocycles. The minimum atomic E-state index is 0.530. The van der Waals surface area contributed by atoms with E-state index < -0.39 is 0 Å². The summed E-state index contributed by atoms with van der Waals surface area (Å²) < 4.78 is 5.22. The van der Waals surface area contributed by atoms with E-state index in [2.05, 4.69) is 30.1 Å². The Morgan fingerprint density at radius 3 is 2.85 bits per heavy atom. The van der Waals surface area contributed by atoms with Crippen LogP contribution in [-0.2, 0) is 0 Å². The van der Waals surface area contributed by atoms with Crippen LogP contribution in [-0.4, -0.2) is 32.3 Å². The lowest BCUT2D eigenvalue weighted by molar-refractivity contribution is 0.368. The van der Waals surface area contributed by atoms with E-state index in [0.29, 0.717) is 17.1 Å². The second-order valence-electron chi connectivity index (χ2n) is 5.54. The molecule has 2 unspecified atom stereocenters. The minimum Gasteiger partial charge on any atom is -0.495 e. The van der Waals surface area contributed by atoms with Crippen molar-refractivity contribution in [2.45, 2.75) is 45.2 Å². The number of piperidine rings is 1. The number of nitrogens with one attached hydrogen (secondary N) is 1. The molecule has 0 radical (unpaired) electrons. The van der Waals surface area contributed by atoms with Crippen LogP contribution in [0.1, 0.15) is 33.1 Å². The number of methoxy groups -OCH3 is 1. The zero-order valence-corrected chi connectivity index (χ0v) is 13.4. The van der Waals surface area contributed by atoms with Gasteiger partial charge in [-0.25, -0.2) is 0 Å². The first kappa shape index (κ1) is 15.5. The minimum absolute atomic E-state index is 0.530. The molecule has 112 valence electrons. The molecule has 0 bridgehead atoms. The van der Waals surface area contributed by atoms with E-state index in [1.807, 2.05) is 12.1 Å². The lowest BCUT2D eigenvalue weighted by Gasteiger charge is -2.39. The summed E-state index contributed by atoms with van der Waals surface area (Å²) in [5.41, 5.74) is 1.19. The van der Waals surface area contributed by atoms with Gasteiger partial charge in [0, 0.05) is 24.3 Å². The molecule has 1 N–H and O–H groups in total. The Morgan fingerprint density at radius 2 is 2.25 bits per heavy atom. The van der Waals surface area contributed by atoms with E-state index in [0.717, 1.165) is 18.8 Å². The largest absolute Gasteiger partial charge is 0.495 e. The van der Waals surface area contributed by atoms with Crippen molar-refractivity contribution in [3.8, 4) is 5.75 Å². The Hall–Kier alpha value is -0.930. The number of ether oxygens (including phenoxy) is 1. The Bertz CT molecular complexity index is 438. The highest BCUT2D eigenvalue weighted by molar-refractivity contribution is 6.32. The quantitative estimate of drug-likeness (QED) is 0.896. The molecule has 4 heteroatoms. The summed E-state index contributed by atoms with van der Waals surface area (Å²) in [5.74, 6) is 0.738. The molecule has 2 atom stereocenters. The fraction of sp³-hybridized carbons (Fsp3) is 0.625. The maximum absolute atomic E-state index is 6.23. The van der Waals surface area contributed by atoms with Gasteiger partial charge in [0.15, 0.2) is 0 Å². The summed E-state index contributed by atoms with van der Waals surface area (Å²) in [6, 6.07) is 7.24. The number of anilines is 1. The van der Waals surface area contributed by atoms with Crippen LogP contribution in [0.15, 0.2) is 18.2 Å².